The Morgan fingerprint density at radius 3 is 2.63 bits per heavy atom. The molecule has 4 bridgehead atoms. The molecule has 0 aliphatic carbocycles. The van der Waals surface area contributed by atoms with Gasteiger partial charge in [0.05, 0.1) is 0 Å². The first-order valence-electron chi connectivity index (χ1n) is 9.10. The summed E-state index contributed by atoms with van der Waals surface area (Å²) in [5, 5.41) is 2.01. The maximum atomic E-state index is 12.4. The second-order valence-electron chi connectivity index (χ2n) is 7.23. The summed E-state index contributed by atoms with van der Waals surface area (Å²) in [7, 11) is 1.76. The normalized spacial score (nSPS) is 23.6. The van der Waals surface area contributed by atoms with E-state index in [4.69, 9.17) is 4.74 Å². The Morgan fingerprint density at radius 2 is 1.96 bits per heavy atom. The molecule has 0 radical (unpaired) electrons. The van der Waals surface area contributed by atoms with Gasteiger partial charge in [-0.2, -0.15) is 0 Å². The van der Waals surface area contributed by atoms with E-state index in [1.165, 1.54) is 35.1 Å². The van der Waals surface area contributed by atoms with Crippen molar-refractivity contribution in [2.24, 2.45) is 0 Å². The average Bonchev–Trinajstić information content (AvgIpc) is 3.25. The predicted octanol–water partition coefficient (Wildman–Crippen LogP) is 3.09. The van der Waals surface area contributed by atoms with E-state index in [-0.39, 0.29) is 26.2 Å². The molecule has 5 rings (SSSR count). The van der Waals surface area contributed by atoms with E-state index in [0.717, 1.165) is 6.42 Å². The van der Waals surface area contributed by atoms with Gasteiger partial charge in [0.1, 0.15) is 0 Å². The van der Waals surface area contributed by atoms with Crippen LogP contribution in [-0.4, -0.2) is 44.9 Å². The van der Waals surface area contributed by atoms with E-state index in [1.54, 1.807) is 7.11 Å². The first-order chi connectivity index (χ1) is 13.2. The number of hydrogen-bond acceptors (Lipinski definition) is 4. The summed E-state index contributed by atoms with van der Waals surface area (Å²) in [5.41, 5.74) is 3.80. The van der Waals surface area contributed by atoms with Gasteiger partial charge in [0.15, 0.2) is 0 Å². The Kier molecular flexibility index (Phi) is 4.45. The van der Waals surface area contributed by atoms with Crippen LogP contribution in [0.3, 0.4) is 0 Å². The number of amides is 2. The predicted molar refractivity (Wildman–Crippen MR) is 108 cm³/mol. The molecule has 1 fully saturated rings. The van der Waals surface area contributed by atoms with Crippen LogP contribution < -0.4 is 8.64 Å². The summed E-state index contributed by atoms with van der Waals surface area (Å²) in [4.78, 5) is 24.2. The van der Waals surface area contributed by atoms with Crippen LogP contribution >= 0.6 is 11.8 Å². The zero-order valence-corrected chi connectivity index (χ0v) is 19.0. The number of hydrogen-bond donors (Lipinski definition) is 1. The molecule has 3 unspecified atom stereocenters. The Hall–Kier alpha value is -1.50. The van der Waals surface area contributed by atoms with Crippen molar-refractivity contribution in [2.75, 3.05) is 7.11 Å². The van der Waals surface area contributed by atoms with Crippen molar-refractivity contribution >= 4 is 53.7 Å². The Balaban J connectivity index is 1.48. The van der Waals surface area contributed by atoms with Crippen LogP contribution in [-0.2, 0) is 9.53 Å². The molecule has 2 aromatic rings. The zero-order chi connectivity index (χ0) is 18.5. The van der Waals surface area contributed by atoms with Gasteiger partial charge in [-0.1, -0.05) is 0 Å². The molecule has 1 saturated heterocycles. The number of imide groups is 1. The van der Waals surface area contributed by atoms with Crippen molar-refractivity contribution in [1.29, 1.82) is 0 Å². The minimum atomic E-state index is -2.45. The van der Waals surface area contributed by atoms with Crippen LogP contribution in [0.4, 0.5) is 4.79 Å². The van der Waals surface area contributed by atoms with E-state index >= 15 is 0 Å². The molecule has 6 heteroatoms. The maximum absolute atomic E-state index is 12.4. The summed E-state index contributed by atoms with van der Waals surface area (Å²) >= 11 is -1.27. The second kappa shape index (κ2) is 6.83. The van der Waals surface area contributed by atoms with E-state index in [2.05, 4.69) is 41.7 Å². The summed E-state index contributed by atoms with van der Waals surface area (Å²) in [6.07, 6.45) is 3.26. The average molecular weight is 479 g/mol. The molecule has 3 aliphatic rings. The molecule has 2 aromatic carbocycles. The number of nitrogens with one attached hydrogen (secondary N) is 1. The summed E-state index contributed by atoms with van der Waals surface area (Å²) in [5.74, 6) is -0.113. The van der Waals surface area contributed by atoms with Crippen LogP contribution in [0.2, 0.25) is 0 Å². The van der Waals surface area contributed by atoms with Gasteiger partial charge in [0, 0.05) is 0 Å². The SMILES string of the molecule is COC(C[C]1=Cc2c3ccc[c]2[In]1[CH]3C1SC(=O)NC1=O)c1ccccc1. The molecule has 0 saturated carbocycles. The molecule has 1 N–H and O–H groups in total. The topological polar surface area (TPSA) is 55.4 Å². The quantitative estimate of drug-likeness (QED) is 0.717. The number of carbonyl (C=O) groups excluding carboxylic acids is 2. The van der Waals surface area contributed by atoms with Gasteiger partial charge in [-0.05, 0) is 0 Å². The van der Waals surface area contributed by atoms with Crippen LogP contribution in [0, 0.1) is 0 Å². The van der Waals surface area contributed by atoms with E-state index < -0.39 is 21.4 Å². The first kappa shape index (κ1) is 17.6. The van der Waals surface area contributed by atoms with Gasteiger partial charge >= 0.3 is 170 Å². The fraction of sp³-hybridized carbons (Fsp3) is 0.238. The van der Waals surface area contributed by atoms with Crippen molar-refractivity contribution in [3.8, 4) is 0 Å². The summed E-state index contributed by atoms with van der Waals surface area (Å²) in [6.45, 7) is 0. The number of carbonyl (C=O) groups is 2. The number of ether oxygens (including phenoxy) is 1. The van der Waals surface area contributed by atoms with Crippen molar-refractivity contribution in [3.05, 3.63) is 68.6 Å². The molecular formula is C21H18InNO3S. The summed E-state index contributed by atoms with van der Waals surface area (Å²) in [6, 6.07) is 16.8. The van der Waals surface area contributed by atoms with Gasteiger partial charge in [-0.3, -0.25) is 0 Å². The minimum absolute atomic E-state index is 0.0276. The van der Waals surface area contributed by atoms with Crippen molar-refractivity contribution in [3.63, 3.8) is 0 Å². The monoisotopic (exact) mass is 479 g/mol. The van der Waals surface area contributed by atoms with E-state index in [0.29, 0.717) is 0 Å². The van der Waals surface area contributed by atoms with Gasteiger partial charge in [0.25, 0.3) is 0 Å². The summed E-state index contributed by atoms with van der Waals surface area (Å²) < 4.78 is 9.04. The third kappa shape index (κ3) is 2.80. The Morgan fingerprint density at radius 1 is 1.15 bits per heavy atom. The fourth-order valence-electron chi connectivity index (χ4n) is 4.76. The van der Waals surface area contributed by atoms with Gasteiger partial charge in [0.2, 0.25) is 0 Å². The van der Waals surface area contributed by atoms with Gasteiger partial charge in [-0.15, -0.1) is 0 Å². The number of thioether (sulfide) groups is 1. The zero-order valence-electron chi connectivity index (χ0n) is 14.8. The second-order valence-corrected chi connectivity index (χ2v) is 17.0. The van der Waals surface area contributed by atoms with E-state index in [9.17, 15) is 9.59 Å². The molecule has 3 heterocycles. The van der Waals surface area contributed by atoms with Gasteiger partial charge < -0.3 is 0 Å². The number of benzene rings is 2. The van der Waals surface area contributed by atoms with Gasteiger partial charge in [-0.25, -0.2) is 0 Å². The van der Waals surface area contributed by atoms with Crippen molar-refractivity contribution in [1.82, 2.24) is 5.32 Å². The molecule has 27 heavy (non-hydrogen) atoms. The molecule has 2 amide bonds. The van der Waals surface area contributed by atoms with Crippen LogP contribution in [0.25, 0.3) is 6.08 Å². The molecule has 4 nitrogen and oxygen atoms in total. The third-order valence-corrected chi connectivity index (χ3v) is 18.7. The third-order valence-electron chi connectivity index (χ3n) is 5.88. The molecular weight excluding hydrogens is 461 g/mol. The molecule has 3 aliphatic heterocycles. The standard InChI is InChI=1S/C21H18NO3S.In/c1-25-18(16-9-3-2-4-10-16)13-7-12-15-8-5-6-11-17(15)14-19-20(23)22-21(24)26-19;/h2-6,9-12,14,18-19H,13H2,1H3,(H,22,23,24);. The van der Waals surface area contributed by atoms with Crippen LogP contribution in [0.5, 0.6) is 0 Å². The Labute approximate surface area is 169 Å². The number of methoxy groups -OCH3 is 1. The Bertz CT molecular complexity index is 975. The molecule has 134 valence electrons. The number of rotatable bonds is 5. The van der Waals surface area contributed by atoms with E-state index in [1.807, 2.05) is 18.2 Å². The van der Waals surface area contributed by atoms with Crippen molar-refractivity contribution in [2.45, 2.75) is 21.4 Å². The van der Waals surface area contributed by atoms with Crippen LogP contribution in [0.15, 0.2) is 51.9 Å². The fourth-order valence-corrected chi connectivity index (χ4v) is 19.1. The molecule has 0 aromatic heterocycles. The molecule has 0 spiro atoms. The van der Waals surface area contributed by atoms with Crippen molar-refractivity contribution < 1.29 is 14.3 Å². The molecule has 3 atom stereocenters. The van der Waals surface area contributed by atoms with Crippen LogP contribution in [0.1, 0.15) is 32.9 Å². The first-order valence-corrected chi connectivity index (χ1v) is 15.2.